The Morgan fingerprint density at radius 3 is 2.55 bits per heavy atom. The fourth-order valence-electron chi connectivity index (χ4n) is 2.37. The summed E-state index contributed by atoms with van der Waals surface area (Å²) in [6.07, 6.45) is 0. The summed E-state index contributed by atoms with van der Waals surface area (Å²) in [4.78, 5) is 4.36. The van der Waals surface area contributed by atoms with Crippen LogP contribution in [-0.4, -0.2) is 4.98 Å². The molecule has 1 heterocycles. The van der Waals surface area contributed by atoms with Crippen molar-refractivity contribution in [3.8, 4) is 17.0 Å². The second-order valence-electron chi connectivity index (χ2n) is 5.28. The van der Waals surface area contributed by atoms with Gasteiger partial charge in [-0.05, 0) is 42.7 Å². The molecule has 0 amide bonds. The number of nitrogen functional groups attached to an aromatic ring is 1. The maximum Gasteiger partial charge on any atom is 0.180 e. The van der Waals surface area contributed by atoms with Crippen LogP contribution in [0.1, 0.15) is 16.7 Å². The second kappa shape index (κ2) is 6.20. The molecule has 0 radical (unpaired) electrons. The molecule has 0 spiro atoms. The first-order chi connectivity index (χ1) is 10.6. The van der Waals surface area contributed by atoms with E-state index in [0.717, 1.165) is 33.7 Å². The van der Waals surface area contributed by atoms with Gasteiger partial charge in [0, 0.05) is 10.9 Å². The molecular weight excluding hydrogens is 292 g/mol. The predicted molar refractivity (Wildman–Crippen MR) is 92.2 cm³/mol. The minimum atomic E-state index is 0.574. The van der Waals surface area contributed by atoms with Crippen molar-refractivity contribution in [3.05, 3.63) is 64.5 Å². The summed E-state index contributed by atoms with van der Waals surface area (Å²) in [6.45, 7) is 4.70. The molecule has 2 N–H and O–H groups in total. The number of hydrogen-bond acceptors (Lipinski definition) is 4. The lowest BCUT2D eigenvalue weighted by molar-refractivity contribution is 0.304. The molecule has 0 aliphatic carbocycles. The van der Waals surface area contributed by atoms with Gasteiger partial charge in [0.05, 0.1) is 5.69 Å². The lowest BCUT2D eigenvalue weighted by atomic mass is 10.0. The summed E-state index contributed by atoms with van der Waals surface area (Å²) in [5.74, 6) is 0.910. The molecule has 4 heteroatoms. The molecule has 3 nitrogen and oxygen atoms in total. The van der Waals surface area contributed by atoms with E-state index in [1.165, 1.54) is 11.3 Å². The number of aromatic nitrogens is 1. The van der Waals surface area contributed by atoms with Crippen LogP contribution < -0.4 is 10.5 Å². The summed E-state index contributed by atoms with van der Waals surface area (Å²) >= 11 is 1.46. The van der Waals surface area contributed by atoms with Crippen LogP contribution in [0.15, 0.2) is 47.8 Å². The highest BCUT2D eigenvalue weighted by atomic mass is 32.1. The molecule has 0 aliphatic rings. The normalized spacial score (nSPS) is 10.6. The Labute approximate surface area is 134 Å². The molecular formula is C18H18N2OS. The van der Waals surface area contributed by atoms with Gasteiger partial charge in [-0.25, -0.2) is 4.98 Å². The molecule has 3 aromatic rings. The monoisotopic (exact) mass is 310 g/mol. The Balaban J connectivity index is 1.83. The van der Waals surface area contributed by atoms with Crippen molar-refractivity contribution in [2.75, 3.05) is 5.73 Å². The van der Waals surface area contributed by atoms with E-state index >= 15 is 0 Å². The molecule has 0 saturated carbocycles. The van der Waals surface area contributed by atoms with E-state index in [4.69, 9.17) is 10.5 Å². The lowest BCUT2D eigenvalue weighted by Crippen LogP contribution is -1.98. The van der Waals surface area contributed by atoms with Gasteiger partial charge in [-0.1, -0.05) is 30.3 Å². The van der Waals surface area contributed by atoms with Gasteiger partial charge in [0.15, 0.2) is 5.13 Å². The SMILES string of the molecule is Cc1cc(-c2csc(N)n2)c(C)cc1OCc1ccccc1. The fraction of sp³-hybridized carbons (Fsp3) is 0.167. The number of nitrogens with two attached hydrogens (primary N) is 1. The first kappa shape index (κ1) is 14.6. The predicted octanol–water partition coefficient (Wildman–Crippen LogP) is 4.59. The van der Waals surface area contributed by atoms with Crippen LogP contribution in [0.5, 0.6) is 5.75 Å². The highest BCUT2D eigenvalue weighted by Crippen LogP contribution is 2.31. The number of rotatable bonds is 4. The average molecular weight is 310 g/mol. The third-order valence-corrected chi connectivity index (χ3v) is 4.23. The summed E-state index contributed by atoms with van der Waals surface area (Å²) < 4.78 is 5.96. The second-order valence-corrected chi connectivity index (χ2v) is 6.17. The maximum absolute atomic E-state index is 5.96. The van der Waals surface area contributed by atoms with Crippen LogP contribution >= 0.6 is 11.3 Å². The molecule has 0 unspecified atom stereocenters. The van der Waals surface area contributed by atoms with Crippen molar-refractivity contribution in [2.45, 2.75) is 20.5 Å². The molecule has 0 fully saturated rings. The van der Waals surface area contributed by atoms with Gasteiger partial charge in [-0.2, -0.15) is 0 Å². The smallest absolute Gasteiger partial charge is 0.180 e. The van der Waals surface area contributed by atoms with Crippen molar-refractivity contribution in [3.63, 3.8) is 0 Å². The molecule has 0 atom stereocenters. The van der Waals surface area contributed by atoms with Crippen molar-refractivity contribution < 1.29 is 4.74 Å². The Hall–Kier alpha value is -2.33. The molecule has 2 aromatic carbocycles. The van der Waals surface area contributed by atoms with Crippen LogP contribution in [0.25, 0.3) is 11.3 Å². The molecule has 0 bridgehead atoms. The summed E-state index contributed by atoms with van der Waals surface area (Å²) in [6, 6.07) is 14.4. The van der Waals surface area contributed by atoms with Crippen molar-refractivity contribution in [1.29, 1.82) is 0 Å². The zero-order valence-electron chi connectivity index (χ0n) is 12.7. The topological polar surface area (TPSA) is 48.1 Å². The van der Waals surface area contributed by atoms with E-state index < -0.39 is 0 Å². The third-order valence-electron chi connectivity index (χ3n) is 3.56. The highest BCUT2D eigenvalue weighted by Gasteiger charge is 2.10. The van der Waals surface area contributed by atoms with Gasteiger partial charge in [-0.3, -0.25) is 0 Å². The van der Waals surface area contributed by atoms with E-state index in [2.05, 4.69) is 43.1 Å². The standard InChI is InChI=1S/C18H18N2OS/c1-12-9-17(21-10-14-6-4-3-5-7-14)13(2)8-15(12)16-11-22-18(19)20-16/h3-9,11H,10H2,1-2H3,(H2,19,20). The van der Waals surface area contributed by atoms with Gasteiger partial charge >= 0.3 is 0 Å². The van der Waals surface area contributed by atoms with E-state index in [9.17, 15) is 0 Å². The molecule has 112 valence electrons. The zero-order valence-corrected chi connectivity index (χ0v) is 13.5. The highest BCUT2D eigenvalue weighted by molar-refractivity contribution is 7.13. The Bertz CT molecular complexity index is 781. The number of ether oxygens (including phenoxy) is 1. The van der Waals surface area contributed by atoms with Gasteiger partial charge in [0.25, 0.3) is 0 Å². The number of thiazole rings is 1. The molecule has 22 heavy (non-hydrogen) atoms. The summed E-state index contributed by atoms with van der Waals surface area (Å²) in [7, 11) is 0. The fourth-order valence-corrected chi connectivity index (χ4v) is 2.93. The minimum Gasteiger partial charge on any atom is -0.489 e. The van der Waals surface area contributed by atoms with Crippen molar-refractivity contribution in [2.24, 2.45) is 0 Å². The Kier molecular flexibility index (Phi) is 4.11. The van der Waals surface area contributed by atoms with Crippen LogP contribution in [0.2, 0.25) is 0 Å². The Morgan fingerprint density at radius 1 is 1.09 bits per heavy atom. The quantitative estimate of drug-likeness (QED) is 0.767. The van der Waals surface area contributed by atoms with E-state index in [1.807, 2.05) is 23.6 Å². The first-order valence-electron chi connectivity index (χ1n) is 7.13. The van der Waals surface area contributed by atoms with Crippen molar-refractivity contribution >= 4 is 16.5 Å². The minimum absolute atomic E-state index is 0.574. The van der Waals surface area contributed by atoms with E-state index in [1.54, 1.807) is 0 Å². The number of anilines is 1. The molecule has 3 rings (SSSR count). The number of nitrogens with zero attached hydrogens (tertiary/aromatic N) is 1. The van der Waals surface area contributed by atoms with E-state index in [-0.39, 0.29) is 0 Å². The van der Waals surface area contributed by atoms with Crippen LogP contribution in [0.4, 0.5) is 5.13 Å². The van der Waals surface area contributed by atoms with Crippen LogP contribution in [0.3, 0.4) is 0 Å². The largest absolute Gasteiger partial charge is 0.489 e. The van der Waals surface area contributed by atoms with Gasteiger partial charge in [0.1, 0.15) is 12.4 Å². The van der Waals surface area contributed by atoms with Crippen LogP contribution in [-0.2, 0) is 6.61 Å². The van der Waals surface area contributed by atoms with Gasteiger partial charge in [0.2, 0.25) is 0 Å². The maximum atomic E-state index is 5.96. The number of benzene rings is 2. The van der Waals surface area contributed by atoms with Crippen LogP contribution in [0, 0.1) is 13.8 Å². The first-order valence-corrected chi connectivity index (χ1v) is 8.01. The molecule has 1 aromatic heterocycles. The lowest BCUT2D eigenvalue weighted by Gasteiger charge is -2.12. The number of hydrogen-bond donors (Lipinski definition) is 1. The average Bonchev–Trinajstić information content (AvgIpc) is 2.95. The molecule has 0 saturated heterocycles. The van der Waals surface area contributed by atoms with Crippen molar-refractivity contribution in [1.82, 2.24) is 4.98 Å². The Morgan fingerprint density at radius 2 is 1.86 bits per heavy atom. The van der Waals surface area contributed by atoms with Gasteiger partial charge < -0.3 is 10.5 Å². The van der Waals surface area contributed by atoms with Gasteiger partial charge in [-0.15, -0.1) is 11.3 Å². The number of aryl methyl sites for hydroxylation is 2. The van der Waals surface area contributed by atoms with E-state index in [0.29, 0.717) is 11.7 Å². The molecule has 0 aliphatic heterocycles. The summed E-state index contributed by atoms with van der Waals surface area (Å²) in [5.41, 5.74) is 11.2. The third kappa shape index (κ3) is 3.12. The zero-order chi connectivity index (χ0) is 15.5. The summed E-state index contributed by atoms with van der Waals surface area (Å²) in [5, 5.41) is 2.58.